The van der Waals surface area contributed by atoms with Gasteiger partial charge < -0.3 is 15.0 Å². The summed E-state index contributed by atoms with van der Waals surface area (Å²) in [5.41, 5.74) is 0. The average molecular weight is 268 g/mol. The first-order valence-corrected chi connectivity index (χ1v) is 8.28. The second-order valence-electron chi connectivity index (χ2n) is 6.57. The number of piperidine rings is 1. The molecule has 0 radical (unpaired) electrons. The van der Waals surface area contributed by atoms with Crippen LogP contribution in [0.3, 0.4) is 0 Å². The highest BCUT2D eigenvalue weighted by Crippen LogP contribution is 2.26. The molecule has 1 saturated heterocycles. The molecule has 0 aromatic heterocycles. The van der Waals surface area contributed by atoms with Gasteiger partial charge in [0.1, 0.15) is 0 Å². The zero-order valence-corrected chi connectivity index (χ0v) is 12.9. The largest absolute Gasteiger partial charge is 0.378 e. The topological polar surface area (TPSA) is 24.5 Å². The van der Waals surface area contributed by atoms with Crippen molar-refractivity contribution in [2.24, 2.45) is 5.92 Å². The van der Waals surface area contributed by atoms with Crippen LogP contribution in [0.1, 0.15) is 51.9 Å². The maximum atomic E-state index is 5.97. The van der Waals surface area contributed by atoms with E-state index in [0.29, 0.717) is 6.10 Å². The summed E-state index contributed by atoms with van der Waals surface area (Å²) in [6.45, 7) is 6.79. The molecule has 0 amide bonds. The third-order valence-electron chi connectivity index (χ3n) is 4.90. The quantitative estimate of drug-likeness (QED) is 0.750. The molecule has 0 unspecified atom stereocenters. The van der Waals surface area contributed by atoms with Crippen LogP contribution >= 0.6 is 0 Å². The molecule has 0 atom stereocenters. The molecule has 2 aliphatic rings. The van der Waals surface area contributed by atoms with Crippen LogP contribution in [0.15, 0.2) is 0 Å². The van der Waals surface area contributed by atoms with Crippen LogP contribution in [0.2, 0.25) is 0 Å². The van der Waals surface area contributed by atoms with Crippen LogP contribution in [-0.2, 0) is 4.74 Å². The van der Waals surface area contributed by atoms with E-state index in [0.717, 1.165) is 31.7 Å². The van der Waals surface area contributed by atoms with Crippen molar-refractivity contribution in [3.63, 3.8) is 0 Å². The highest BCUT2D eigenvalue weighted by Gasteiger charge is 2.21. The Morgan fingerprint density at radius 1 is 1.05 bits per heavy atom. The average Bonchev–Trinajstić information content (AvgIpc) is 2.45. The van der Waals surface area contributed by atoms with Gasteiger partial charge in [-0.1, -0.05) is 6.92 Å². The third-order valence-corrected chi connectivity index (χ3v) is 4.90. The van der Waals surface area contributed by atoms with Crippen molar-refractivity contribution in [3.05, 3.63) is 0 Å². The van der Waals surface area contributed by atoms with Crippen LogP contribution in [0.25, 0.3) is 0 Å². The Morgan fingerprint density at radius 3 is 2.42 bits per heavy atom. The smallest absolute Gasteiger partial charge is 0.0599 e. The summed E-state index contributed by atoms with van der Waals surface area (Å²) < 4.78 is 5.97. The van der Waals surface area contributed by atoms with Crippen molar-refractivity contribution in [2.75, 3.05) is 33.3 Å². The van der Waals surface area contributed by atoms with E-state index in [4.69, 9.17) is 4.74 Å². The van der Waals surface area contributed by atoms with E-state index >= 15 is 0 Å². The van der Waals surface area contributed by atoms with Crippen molar-refractivity contribution < 1.29 is 4.74 Å². The minimum Gasteiger partial charge on any atom is -0.378 e. The molecule has 0 spiro atoms. The molecule has 1 aliphatic heterocycles. The molecule has 1 saturated carbocycles. The Balaban J connectivity index is 1.52. The van der Waals surface area contributed by atoms with Gasteiger partial charge in [-0.3, -0.25) is 0 Å². The number of hydrogen-bond donors (Lipinski definition) is 1. The lowest BCUT2D eigenvalue weighted by atomic mass is 9.87. The summed E-state index contributed by atoms with van der Waals surface area (Å²) in [7, 11) is 2.30. The molecule has 0 aromatic carbocycles. The molecule has 3 heteroatoms. The normalized spacial score (nSPS) is 29.8. The van der Waals surface area contributed by atoms with Gasteiger partial charge in [0.15, 0.2) is 0 Å². The predicted octanol–water partition coefficient (Wildman–Crippen LogP) is 2.66. The Morgan fingerprint density at radius 2 is 1.74 bits per heavy atom. The van der Waals surface area contributed by atoms with Gasteiger partial charge in [0, 0.05) is 19.2 Å². The zero-order valence-electron chi connectivity index (χ0n) is 12.9. The van der Waals surface area contributed by atoms with E-state index in [1.54, 1.807) is 0 Å². The summed E-state index contributed by atoms with van der Waals surface area (Å²) in [4.78, 5) is 2.57. The van der Waals surface area contributed by atoms with Gasteiger partial charge in [-0.15, -0.1) is 0 Å². The summed E-state index contributed by atoms with van der Waals surface area (Å²) in [5, 5.41) is 3.38. The number of ether oxygens (including phenoxy) is 1. The monoisotopic (exact) mass is 268 g/mol. The number of nitrogens with zero attached hydrogens (tertiary/aromatic N) is 1. The van der Waals surface area contributed by atoms with Gasteiger partial charge in [0.05, 0.1) is 6.10 Å². The molecular formula is C16H32N2O. The van der Waals surface area contributed by atoms with Gasteiger partial charge in [-0.25, -0.2) is 0 Å². The fraction of sp³-hybridized carbons (Fsp3) is 1.00. The summed E-state index contributed by atoms with van der Waals surface area (Å²) in [6, 6.07) is 0.829. The molecule has 112 valence electrons. The first-order chi connectivity index (χ1) is 9.25. The van der Waals surface area contributed by atoms with Crippen LogP contribution in [0, 0.1) is 5.92 Å². The maximum Gasteiger partial charge on any atom is 0.0599 e. The highest BCUT2D eigenvalue weighted by atomic mass is 16.5. The lowest BCUT2D eigenvalue weighted by molar-refractivity contribution is 0.0261. The Kier molecular flexibility index (Phi) is 6.62. The lowest BCUT2D eigenvalue weighted by Crippen LogP contribution is -2.36. The number of rotatable bonds is 6. The minimum absolute atomic E-state index is 0.516. The third kappa shape index (κ3) is 5.41. The van der Waals surface area contributed by atoms with E-state index < -0.39 is 0 Å². The van der Waals surface area contributed by atoms with Crippen molar-refractivity contribution in [1.82, 2.24) is 10.2 Å². The van der Waals surface area contributed by atoms with Gasteiger partial charge in [-0.2, -0.15) is 0 Å². The molecule has 2 rings (SSSR count). The minimum atomic E-state index is 0.516. The van der Waals surface area contributed by atoms with Crippen LogP contribution in [0.4, 0.5) is 0 Å². The van der Waals surface area contributed by atoms with Crippen molar-refractivity contribution in [3.8, 4) is 0 Å². The number of hydrogen-bond acceptors (Lipinski definition) is 3. The zero-order chi connectivity index (χ0) is 13.5. The Bertz CT molecular complexity index is 233. The summed E-state index contributed by atoms with van der Waals surface area (Å²) >= 11 is 0. The molecule has 2 fully saturated rings. The van der Waals surface area contributed by atoms with E-state index in [1.807, 2.05) is 0 Å². The van der Waals surface area contributed by atoms with Crippen molar-refractivity contribution in [2.45, 2.75) is 64.0 Å². The molecular weight excluding hydrogens is 236 g/mol. The molecule has 1 N–H and O–H groups in total. The fourth-order valence-corrected chi connectivity index (χ4v) is 3.39. The van der Waals surface area contributed by atoms with Crippen LogP contribution < -0.4 is 5.32 Å². The van der Waals surface area contributed by atoms with Crippen LogP contribution in [0.5, 0.6) is 0 Å². The SMILES string of the molecule is CC1CCC(N(C)CCCOC2CCNCC2)CC1. The predicted molar refractivity (Wildman–Crippen MR) is 80.5 cm³/mol. The second-order valence-corrected chi connectivity index (χ2v) is 6.57. The van der Waals surface area contributed by atoms with Gasteiger partial charge in [0.2, 0.25) is 0 Å². The molecule has 19 heavy (non-hydrogen) atoms. The molecule has 1 heterocycles. The second kappa shape index (κ2) is 8.23. The van der Waals surface area contributed by atoms with Crippen LogP contribution in [-0.4, -0.2) is 50.3 Å². The highest BCUT2D eigenvalue weighted by molar-refractivity contribution is 4.76. The van der Waals surface area contributed by atoms with E-state index in [9.17, 15) is 0 Å². The number of nitrogens with one attached hydrogen (secondary N) is 1. The van der Waals surface area contributed by atoms with E-state index in [1.165, 1.54) is 51.5 Å². The lowest BCUT2D eigenvalue weighted by Gasteiger charge is -2.33. The molecule has 3 nitrogen and oxygen atoms in total. The van der Waals surface area contributed by atoms with Gasteiger partial charge >= 0.3 is 0 Å². The van der Waals surface area contributed by atoms with Crippen molar-refractivity contribution >= 4 is 0 Å². The van der Waals surface area contributed by atoms with Gasteiger partial charge in [0.25, 0.3) is 0 Å². The van der Waals surface area contributed by atoms with Crippen molar-refractivity contribution in [1.29, 1.82) is 0 Å². The fourth-order valence-electron chi connectivity index (χ4n) is 3.39. The Labute approximate surface area is 119 Å². The van der Waals surface area contributed by atoms with E-state index in [-0.39, 0.29) is 0 Å². The van der Waals surface area contributed by atoms with E-state index in [2.05, 4.69) is 24.2 Å². The summed E-state index contributed by atoms with van der Waals surface area (Å²) in [6.07, 6.45) is 9.71. The van der Waals surface area contributed by atoms with Gasteiger partial charge in [-0.05, 0) is 71.0 Å². The maximum absolute atomic E-state index is 5.97. The molecule has 0 aromatic rings. The molecule has 0 bridgehead atoms. The first-order valence-electron chi connectivity index (χ1n) is 8.28. The summed E-state index contributed by atoms with van der Waals surface area (Å²) in [5.74, 6) is 0.952. The first kappa shape index (κ1) is 15.3. The standard InChI is InChI=1S/C16H32N2O/c1-14-4-6-15(7-5-14)18(2)12-3-13-19-16-8-10-17-11-9-16/h14-17H,3-13H2,1-2H3. The Hall–Kier alpha value is -0.120. The molecule has 1 aliphatic carbocycles.